The summed E-state index contributed by atoms with van der Waals surface area (Å²) < 4.78 is 11.3. The number of nitrogens with zero attached hydrogens (tertiary/aromatic N) is 3. The number of halogens is 1. The Morgan fingerprint density at radius 2 is 1.55 bits per heavy atom. The number of carbonyl (C=O) groups is 3. The number of benzene rings is 3. The summed E-state index contributed by atoms with van der Waals surface area (Å²) in [5.74, 6) is -0.511. The first-order valence-electron chi connectivity index (χ1n) is 14.6. The van der Waals surface area contributed by atoms with Crippen LogP contribution in [0.15, 0.2) is 59.1 Å². The number of nitriles is 1. The Morgan fingerprint density at radius 1 is 0.932 bits per heavy atom. The maximum absolute atomic E-state index is 14.0. The van der Waals surface area contributed by atoms with Crippen molar-refractivity contribution in [3.05, 3.63) is 75.8 Å². The Morgan fingerprint density at radius 3 is 2.14 bits per heavy atom. The van der Waals surface area contributed by atoms with Crippen molar-refractivity contribution in [3.8, 4) is 6.07 Å². The fraction of sp³-hybridized carbons (Fsp3) is 0.412. The molecular weight excluding hydrogens is 626 g/mol. The molecule has 0 fully saturated rings. The van der Waals surface area contributed by atoms with E-state index >= 15 is 0 Å². The van der Waals surface area contributed by atoms with Crippen LogP contribution < -0.4 is 4.90 Å². The van der Waals surface area contributed by atoms with E-state index in [0.29, 0.717) is 46.1 Å². The minimum absolute atomic E-state index is 0.0690. The van der Waals surface area contributed by atoms with E-state index < -0.39 is 34.9 Å². The van der Waals surface area contributed by atoms with Crippen molar-refractivity contribution in [2.45, 2.75) is 77.6 Å². The lowest BCUT2D eigenvalue weighted by Gasteiger charge is -2.28. The van der Waals surface area contributed by atoms with Crippen LogP contribution in [-0.2, 0) is 19.9 Å². The Labute approximate surface area is 266 Å². The van der Waals surface area contributed by atoms with Crippen LogP contribution in [0, 0.1) is 11.3 Å². The van der Waals surface area contributed by atoms with Crippen molar-refractivity contribution < 1.29 is 29.0 Å². The molecule has 44 heavy (non-hydrogen) atoms. The average molecular weight is 665 g/mol. The lowest BCUT2D eigenvalue weighted by molar-refractivity contribution is -0.132. The van der Waals surface area contributed by atoms with Crippen molar-refractivity contribution in [2.75, 3.05) is 18.0 Å². The number of aliphatic hydroxyl groups is 1. The van der Waals surface area contributed by atoms with Gasteiger partial charge in [0.15, 0.2) is 5.60 Å². The molecule has 1 aliphatic rings. The largest absolute Gasteiger partial charge is 0.443 e. The lowest BCUT2D eigenvalue weighted by atomic mass is 9.86. The smallest absolute Gasteiger partial charge is 0.419 e. The van der Waals surface area contributed by atoms with Gasteiger partial charge in [-0.1, -0.05) is 52.3 Å². The summed E-state index contributed by atoms with van der Waals surface area (Å²) in [6.07, 6.45) is -0.0857. The van der Waals surface area contributed by atoms with Gasteiger partial charge >= 0.3 is 12.2 Å². The third kappa shape index (κ3) is 7.06. The second kappa shape index (κ2) is 12.6. The molecule has 4 rings (SSSR count). The minimum atomic E-state index is -1.96. The highest BCUT2D eigenvalue weighted by molar-refractivity contribution is 9.10. The van der Waals surface area contributed by atoms with Crippen LogP contribution in [0.4, 0.5) is 15.3 Å². The fourth-order valence-electron chi connectivity index (χ4n) is 5.15. The second-order valence-corrected chi connectivity index (χ2v) is 13.7. The molecule has 0 bridgehead atoms. The topological polar surface area (TPSA) is 120 Å². The maximum atomic E-state index is 14.0. The van der Waals surface area contributed by atoms with E-state index in [-0.39, 0.29) is 13.1 Å². The molecule has 0 saturated carbocycles. The van der Waals surface area contributed by atoms with Gasteiger partial charge in [0.2, 0.25) is 0 Å². The van der Waals surface area contributed by atoms with Crippen LogP contribution in [0.25, 0.3) is 10.8 Å². The molecular formula is C34H38BrN3O6. The number of unbranched alkanes of at least 4 members (excludes halogenated alkanes) is 2. The highest BCUT2D eigenvalue weighted by Crippen LogP contribution is 2.49. The van der Waals surface area contributed by atoms with Crippen LogP contribution in [0.1, 0.15) is 77.5 Å². The van der Waals surface area contributed by atoms with Crippen LogP contribution in [-0.4, -0.2) is 52.4 Å². The summed E-state index contributed by atoms with van der Waals surface area (Å²) in [4.78, 5) is 42.1. The molecule has 0 spiro atoms. The van der Waals surface area contributed by atoms with Gasteiger partial charge in [-0.15, -0.1) is 0 Å². The maximum Gasteiger partial charge on any atom is 0.419 e. The number of amides is 3. The Kier molecular flexibility index (Phi) is 9.43. The average Bonchev–Trinajstić information content (AvgIpc) is 3.15. The number of hydrogen-bond acceptors (Lipinski definition) is 7. The van der Waals surface area contributed by atoms with Crippen LogP contribution in [0.5, 0.6) is 0 Å². The zero-order valence-electron chi connectivity index (χ0n) is 25.9. The monoisotopic (exact) mass is 663 g/mol. The first-order valence-corrected chi connectivity index (χ1v) is 15.4. The lowest BCUT2D eigenvalue weighted by Crippen LogP contribution is -2.44. The molecule has 10 heteroatoms. The predicted molar refractivity (Wildman–Crippen MR) is 171 cm³/mol. The van der Waals surface area contributed by atoms with Gasteiger partial charge < -0.3 is 19.5 Å². The molecule has 0 aromatic heterocycles. The summed E-state index contributed by atoms with van der Waals surface area (Å²) in [7, 11) is 0. The molecule has 1 unspecified atom stereocenters. The van der Waals surface area contributed by atoms with Crippen LogP contribution in [0.2, 0.25) is 0 Å². The van der Waals surface area contributed by atoms with Crippen molar-refractivity contribution in [2.24, 2.45) is 0 Å². The Balaban J connectivity index is 1.53. The highest BCUT2D eigenvalue weighted by Gasteiger charge is 2.52. The summed E-state index contributed by atoms with van der Waals surface area (Å²) >= 11 is 3.51. The van der Waals surface area contributed by atoms with Crippen molar-refractivity contribution in [3.63, 3.8) is 0 Å². The quantitative estimate of drug-likeness (QED) is 0.262. The van der Waals surface area contributed by atoms with E-state index in [2.05, 4.69) is 22.0 Å². The number of fused-ring (bicyclic) bond motifs is 2. The first-order chi connectivity index (χ1) is 20.5. The fourth-order valence-corrected chi connectivity index (χ4v) is 5.89. The van der Waals surface area contributed by atoms with Crippen molar-refractivity contribution in [1.82, 2.24) is 4.90 Å². The third-order valence-electron chi connectivity index (χ3n) is 7.06. The molecule has 9 nitrogen and oxygen atoms in total. The van der Waals surface area contributed by atoms with Crippen molar-refractivity contribution in [1.29, 1.82) is 5.26 Å². The van der Waals surface area contributed by atoms with E-state index in [1.165, 1.54) is 4.90 Å². The number of ether oxygens (including phenoxy) is 2. The number of carbonyl (C=O) groups excluding carboxylic acids is 3. The first kappa shape index (κ1) is 33.0. The van der Waals surface area contributed by atoms with E-state index in [9.17, 15) is 24.8 Å². The molecule has 1 aliphatic heterocycles. The molecule has 232 valence electrons. The van der Waals surface area contributed by atoms with E-state index in [1.807, 2.05) is 36.4 Å². The number of rotatable bonds is 7. The van der Waals surface area contributed by atoms with Crippen LogP contribution >= 0.6 is 15.9 Å². The number of hydrogen-bond donors (Lipinski definition) is 1. The van der Waals surface area contributed by atoms with Gasteiger partial charge in [0.25, 0.3) is 5.91 Å². The SMILES string of the molecule is CC(C)(C)OC(=O)N(CCCCCN1C(=O)C(O)(c2ccc3ccccc3c2)c2c(Br)cc(C#N)cc21)C(=O)OC(C)(C)C. The van der Waals surface area contributed by atoms with Crippen LogP contribution in [0.3, 0.4) is 0 Å². The standard InChI is InChI=1S/C34H38BrN3O6/c1-32(2,3)43-30(40)38(31(41)44-33(4,5)6)17-11-7-10-16-37-27-19-22(21-36)18-26(35)28(27)34(42,29(37)39)25-15-14-23-12-8-9-13-24(23)20-25/h8-9,12-15,18-20,42H,7,10-11,16-17H2,1-6H3. The number of anilines is 1. The van der Waals surface area contributed by atoms with E-state index in [1.54, 1.807) is 59.7 Å². The zero-order chi connectivity index (χ0) is 32.4. The number of imide groups is 1. The highest BCUT2D eigenvalue weighted by atomic mass is 79.9. The van der Waals surface area contributed by atoms with Crippen molar-refractivity contribution >= 4 is 50.5 Å². The molecule has 3 aromatic rings. The van der Waals surface area contributed by atoms with Gasteiger partial charge in [0, 0.05) is 23.1 Å². The van der Waals surface area contributed by atoms with Gasteiger partial charge in [-0.2, -0.15) is 5.26 Å². The Bertz CT molecular complexity index is 1610. The summed E-state index contributed by atoms with van der Waals surface area (Å²) in [5.41, 5.74) is -1.92. The van der Waals surface area contributed by atoms with Gasteiger partial charge in [-0.3, -0.25) is 4.79 Å². The third-order valence-corrected chi connectivity index (χ3v) is 7.69. The molecule has 3 aromatic carbocycles. The van der Waals surface area contributed by atoms with E-state index in [0.717, 1.165) is 15.7 Å². The molecule has 1 atom stereocenters. The minimum Gasteiger partial charge on any atom is -0.443 e. The van der Waals surface area contributed by atoms with Gasteiger partial charge in [0.05, 0.1) is 17.3 Å². The van der Waals surface area contributed by atoms with E-state index in [4.69, 9.17) is 9.47 Å². The Hall–Kier alpha value is -3.94. The molecule has 0 radical (unpaired) electrons. The summed E-state index contributed by atoms with van der Waals surface area (Å²) in [6.45, 7) is 10.6. The normalized spacial score (nSPS) is 16.4. The predicted octanol–water partition coefficient (Wildman–Crippen LogP) is 7.40. The second-order valence-electron chi connectivity index (χ2n) is 12.9. The molecule has 1 heterocycles. The molecule has 1 N–H and O–H groups in total. The van der Waals surface area contributed by atoms with Gasteiger partial charge in [-0.25, -0.2) is 14.5 Å². The zero-order valence-corrected chi connectivity index (χ0v) is 27.5. The summed E-state index contributed by atoms with van der Waals surface area (Å²) in [6, 6.07) is 18.5. The summed E-state index contributed by atoms with van der Waals surface area (Å²) in [5, 5.41) is 23.6. The molecule has 3 amide bonds. The van der Waals surface area contributed by atoms with Gasteiger partial charge in [-0.05, 0) is 95.3 Å². The molecule has 0 aliphatic carbocycles. The van der Waals surface area contributed by atoms with Gasteiger partial charge in [0.1, 0.15) is 11.2 Å². The molecule has 0 saturated heterocycles.